The number of rotatable bonds is 6. The molecule has 144 valence electrons. The largest absolute Gasteiger partial charge is 0.336 e. The van der Waals surface area contributed by atoms with Gasteiger partial charge in [0.25, 0.3) is 0 Å². The molecule has 3 heterocycles. The molecule has 2 atom stereocenters. The summed E-state index contributed by atoms with van der Waals surface area (Å²) in [6.45, 7) is 9.81. The topological polar surface area (TPSA) is 38.8 Å². The molecule has 0 aromatic carbocycles. The van der Waals surface area contributed by atoms with E-state index in [0.717, 1.165) is 26.1 Å². The summed E-state index contributed by atoms with van der Waals surface area (Å²) in [4.78, 5) is 20.0. The Morgan fingerprint density at radius 3 is 2.60 bits per heavy atom. The molecule has 2 unspecified atom stereocenters. The van der Waals surface area contributed by atoms with Gasteiger partial charge in [0.05, 0.1) is 0 Å². The molecule has 3 rings (SSSR count). The van der Waals surface area contributed by atoms with Crippen molar-refractivity contribution in [3.8, 4) is 0 Å². The van der Waals surface area contributed by atoms with Crippen molar-refractivity contribution in [3.05, 3.63) is 0 Å². The van der Waals surface area contributed by atoms with E-state index in [-0.39, 0.29) is 6.03 Å². The Morgan fingerprint density at radius 2 is 1.80 bits per heavy atom. The minimum Gasteiger partial charge on any atom is -0.336 e. The van der Waals surface area contributed by atoms with Crippen LogP contribution in [0, 0.1) is 0 Å². The van der Waals surface area contributed by atoms with Crippen LogP contribution < -0.4 is 5.32 Å². The third-order valence-corrected chi connectivity index (χ3v) is 6.38. The van der Waals surface area contributed by atoms with E-state index in [1.807, 2.05) is 0 Å². The zero-order valence-corrected chi connectivity index (χ0v) is 16.2. The zero-order valence-electron chi connectivity index (χ0n) is 16.2. The Labute approximate surface area is 154 Å². The number of unbranched alkanes of at least 4 members (excludes halogenated alkanes) is 1. The van der Waals surface area contributed by atoms with Crippen molar-refractivity contribution >= 4 is 6.03 Å². The Morgan fingerprint density at radius 1 is 1.00 bits per heavy atom. The maximum absolute atomic E-state index is 12.7. The van der Waals surface area contributed by atoms with Crippen LogP contribution in [0.15, 0.2) is 0 Å². The summed E-state index contributed by atoms with van der Waals surface area (Å²) in [7, 11) is 0. The molecule has 3 aliphatic rings. The first-order valence-electron chi connectivity index (χ1n) is 10.8. The summed E-state index contributed by atoms with van der Waals surface area (Å²) in [5.41, 5.74) is 0. The molecule has 0 radical (unpaired) electrons. The highest BCUT2D eigenvalue weighted by Gasteiger charge is 2.30. The van der Waals surface area contributed by atoms with E-state index < -0.39 is 0 Å². The maximum Gasteiger partial charge on any atom is 0.317 e. The molecule has 2 amide bonds. The number of nitrogens with zero attached hydrogens (tertiary/aromatic N) is 3. The molecule has 3 aliphatic heterocycles. The van der Waals surface area contributed by atoms with Crippen molar-refractivity contribution in [3.63, 3.8) is 0 Å². The van der Waals surface area contributed by atoms with E-state index in [4.69, 9.17) is 0 Å². The number of piperidine rings is 2. The van der Waals surface area contributed by atoms with E-state index in [0.29, 0.717) is 12.1 Å². The predicted molar refractivity (Wildman–Crippen MR) is 103 cm³/mol. The minimum absolute atomic E-state index is 0.171. The molecule has 3 fully saturated rings. The third kappa shape index (κ3) is 5.33. The molecule has 0 aliphatic carbocycles. The number of nitrogens with one attached hydrogen (secondary N) is 1. The molecule has 0 aromatic heterocycles. The fraction of sp³-hybridized carbons (Fsp3) is 0.950. The second-order valence-electron chi connectivity index (χ2n) is 8.21. The fourth-order valence-corrected chi connectivity index (χ4v) is 4.81. The molecule has 0 saturated carbocycles. The first kappa shape index (κ1) is 19.0. The molecule has 5 heteroatoms. The highest BCUT2D eigenvalue weighted by atomic mass is 16.2. The van der Waals surface area contributed by atoms with Crippen molar-refractivity contribution < 1.29 is 4.79 Å². The molecular weight excluding hydrogens is 312 g/mol. The molecule has 3 saturated heterocycles. The average molecular weight is 351 g/mol. The van der Waals surface area contributed by atoms with E-state index in [9.17, 15) is 4.79 Å². The van der Waals surface area contributed by atoms with Gasteiger partial charge < -0.3 is 10.2 Å². The van der Waals surface area contributed by atoms with Gasteiger partial charge in [-0.3, -0.25) is 9.80 Å². The Kier molecular flexibility index (Phi) is 7.41. The van der Waals surface area contributed by atoms with Gasteiger partial charge in [0.15, 0.2) is 0 Å². The van der Waals surface area contributed by atoms with Gasteiger partial charge in [-0.1, -0.05) is 19.8 Å². The van der Waals surface area contributed by atoms with E-state index in [2.05, 4.69) is 26.9 Å². The summed E-state index contributed by atoms with van der Waals surface area (Å²) in [6, 6.07) is 1.31. The number of urea groups is 1. The monoisotopic (exact) mass is 350 g/mol. The molecule has 0 spiro atoms. The smallest absolute Gasteiger partial charge is 0.317 e. The van der Waals surface area contributed by atoms with Gasteiger partial charge in [-0.05, 0) is 71.1 Å². The van der Waals surface area contributed by atoms with Gasteiger partial charge in [-0.2, -0.15) is 0 Å². The van der Waals surface area contributed by atoms with Crippen molar-refractivity contribution in [1.82, 2.24) is 20.0 Å². The van der Waals surface area contributed by atoms with Crippen molar-refractivity contribution in [2.45, 2.75) is 76.8 Å². The minimum atomic E-state index is 0.171. The molecule has 5 nitrogen and oxygen atoms in total. The molecule has 0 bridgehead atoms. The quantitative estimate of drug-likeness (QED) is 0.800. The lowest BCUT2D eigenvalue weighted by molar-refractivity contribution is 0.117. The van der Waals surface area contributed by atoms with Crippen LogP contribution in [0.2, 0.25) is 0 Å². The highest BCUT2D eigenvalue weighted by molar-refractivity contribution is 5.74. The third-order valence-electron chi connectivity index (χ3n) is 6.38. The zero-order chi connectivity index (χ0) is 17.5. The molecule has 1 N–H and O–H groups in total. The highest BCUT2D eigenvalue weighted by Crippen LogP contribution is 2.21. The fourth-order valence-electron chi connectivity index (χ4n) is 4.81. The first-order valence-corrected chi connectivity index (χ1v) is 10.8. The number of carbonyl (C=O) groups is 1. The van der Waals surface area contributed by atoms with Crippen LogP contribution in [0.4, 0.5) is 4.79 Å². The number of hydrogen-bond donors (Lipinski definition) is 1. The molecule has 25 heavy (non-hydrogen) atoms. The number of amides is 2. The van der Waals surface area contributed by atoms with Crippen molar-refractivity contribution in [1.29, 1.82) is 0 Å². The molecule has 0 aromatic rings. The first-order chi connectivity index (χ1) is 12.3. The van der Waals surface area contributed by atoms with Crippen LogP contribution in [0.3, 0.4) is 0 Å². The average Bonchev–Trinajstić information content (AvgIpc) is 3.20. The van der Waals surface area contributed by atoms with Crippen LogP contribution in [0.5, 0.6) is 0 Å². The van der Waals surface area contributed by atoms with Crippen LogP contribution in [0.1, 0.15) is 64.7 Å². The standard InChI is InChI=1S/C20H38N4O/c1-2-3-11-22-12-5-4-9-18(22)16-21-20(25)24-15-8-10-19(17-24)23-13-6-7-14-23/h18-19H,2-17H2,1H3,(H,21,25). The van der Waals surface area contributed by atoms with Crippen LogP contribution >= 0.6 is 0 Å². The van der Waals surface area contributed by atoms with Crippen LogP contribution in [-0.2, 0) is 0 Å². The Balaban J connectivity index is 1.44. The normalized spacial score (nSPS) is 29.1. The Hall–Kier alpha value is -0.810. The number of carbonyl (C=O) groups excluding carboxylic acids is 1. The summed E-state index contributed by atoms with van der Waals surface area (Å²) < 4.78 is 0. The molecular formula is C20H38N4O. The summed E-state index contributed by atoms with van der Waals surface area (Å²) in [5.74, 6) is 0. The van der Waals surface area contributed by atoms with E-state index in [1.165, 1.54) is 77.5 Å². The predicted octanol–water partition coefficient (Wildman–Crippen LogP) is 2.91. The van der Waals surface area contributed by atoms with Gasteiger partial charge in [0.2, 0.25) is 0 Å². The van der Waals surface area contributed by atoms with Crippen LogP contribution in [-0.4, -0.2) is 78.6 Å². The van der Waals surface area contributed by atoms with E-state index >= 15 is 0 Å². The summed E-state index contributed by atoms with van der Waals surface area (Å²) in [6.07, 6.45) is 11.5. The van der Waals surface area contributed by atoms with E-state index in [1.54, 1.807) is 0 Å². The van der Waals surface area contributed by atoms with Gasteiger partial charge >= 0.3 is 6.03 Å². The SMILES string of the molecule is CCCCN1CCCCC1CNC(=O)N1CCCC(N2CCCC2)C1. The van der Waals surface area contributed by atoms with Gasteiger partial charge in [0, 0.05) is 31.7 Å². The lowest BCUT2D eigenvalue weighted by atomic mass is 10.0. The number of hydrogen-bond acceptors (Lipinski definition) is 3. The summed E-state index contributed by atoms with van der Waals surface area (Å²) in [5, 5.41) is 3.27. The van der Waals surface area contributed by atoms with Gasteiger partial charge in [-0.15, -0.1) is 0 Å². The van der Waals surface area contributed by atoms with Gasteiger partial charge in [0.1, 0.15) is 0 Å². The Bertz CT molecular complexity index is 411. The van der Waals surface area contributed by atoms with Crippen molar-refractivity contribution in [2.24, 2.45) is 0 Å². The number of likely N-dealkylation sites (tertiary alicyclic amines) is 3. The second kappa shape index (κ2) is 9.77. The van der Waals surface area contributed by atoms with Crippen molar-refractivity contribution in [2.75, 3.05) is 45.8 Å². The summed E-state index contributed by atoms with van der Waals surface area (Å²) >= 11 is 0. The lowest BCUT2D eigenvalue weighted by Gasteiger charge is -2.39. The second-order valence-corrected chi connectivity index (χ2v) is 8.21. The van der Waals surface area contributed by atoms with Crippen LogP contribution in [0.25, 0.3) is 0 Å². The lowest BCUT2D eigenvalue weighted by Crippen LogP contribution is -2.54. The van der Waals surface area contributed by atoms with Gasteiger partial charge in [-0.25, -0.2) is 4.79 Å². The maximum atomic E-state index is 12.7.